The molecule has 2 rings (SSSR count). The molecule has 4 nitrogen and oxygen atoms in total. The molecular formula is C10H8FN3O. The zero-order valence-corrected chi connectivity index (χ0v) is 7.72. The van der Waals surface area contributed by atoms with Crippen molar-refractivity contribution in [1.29, 1.82) is 0 Å². The number of anilines is 1. The van der Waals surface area contributed by atoms with Gasteiger partial charge in [0.15, 0.2) is 11.6 Å². The summed E-state index contributed by atoms with van der Waals surface area (Å²) in [6, 6.07) is 6.04. The summed E-state index contributed by atoms with van der Waals surface area (Å²) in [6.07, 6.45) is 2.75. The van der Waals surface area contributed by atoms with Crippen molar-refractivity contribution in [2.45, 2.75) is 0 Å². The Morgan fingerprint density at radius 2 is 2.00 bits per heavy atom. The second-order valence-corrected chi connectivity index (χ2v) is 2.81. The molecule has 0 radical (unpaired) electrons. The Bertz CT molecular complexity index is 476. The molecule has 0 saturated carbocycles. The van der Waals surface area contributed by atoms with Crippen LogP contribution in [0.5, 0.6) is 11.6 Å². The van der Waals surface area contributed by atoms with E-state index in [2.05, 4.69) is 9.97 Å². The number of para-hydroxylation sites is 1. The second kappa shape index (κ2) is 3.91. The monoisotopic (exact) mass is 205 g/mol. The minimum atomic E-state index is -0.457. The molecule has 1 heterocycles. The van der Waals surface area contributed by atoms with Crippen LogP contribution < -0.4 is 10.5 Å². The van der Waals surface area contributed by atoms with Gasteiger partial charge in [-0.05, 0) is 12.1 Å². The number of nitrogens with zero attached hydrogens (tertiary/aromatic N) is 2. The van der Waals surface area contributed by atoms with Crippen LogP contribution in [-0.4, -0.2) is 9.97 Å². The SMILES string of the molecule is Nc1cncc(Oc2ccccc2F)n1. The van der Waals surface area contributed by atoms with Gasteiger partial charge in [0.05, 0.1) is 12.4 Å². The van der Waals surface area contributed by atoms with E-state index < -0.39 is 5.82 Å². The highest BCUT2D eigenvalue weighted by molar-refractivity contribution is 5.31. The van der Waals surface area contributed by atoms with E-state index in [1.165, 1.54) is 24.5 Å². The fourth-order valence-corrected chi connectivity index (χ4v) is 1.05. The number of halogens is 1. The molecule has 0 atom stereocenters. The highest BCUT2D eigenvalue weighted by Crippen LogP contribution is 2.21. The Balaban J connectivity index is 2.26. The number of ether oxygens (including phenoxy) is 1. The molecule has 1 aromatic heterocycles. The van der Waals surface area contributed by atoms with Crippen LogP contribution in [-0.2, 0) is 0 Å². The quantitative estimate of drug-likeness (QED) is 0.814. The number of rotatable bonds is 2. The van der Waals surface area contributed by atoms with Crippen LogP contribution in [0, 0.1) is 5.82 Å². The molecule has 0 saturated heterocycles. The first kappa shape index (κ1) is 9.39. The summed E-state index contributed by atoms with van der Waals surface area (Å²) in [4.78, 5) is 7.61. The maximum absolute atomic E-state index is 13.2. The van der Waals surface area contributed by atoms with Gasteiger partial charge in [-0.1, -0.05) is 12.1 Å². The lowest BCUT2D eigenvalue weighted by Crippen LogP contribution is -1.95. The lowest BCUT2D eigenvalue weighted by Gasteiger charge is -2.04. The maximum Gasteiger partial charge on any atom is 0.239 e. The van der Waals surface area contributed by atoms with Gasteiger partial charge < -0.3 is 10.5 Å². The van der Waals surface area contributed by atoms with Crippen molar-refractivity contribution in [2.75, 3.05) is 5.73 Å². The minimum Gasteiger partial charge on any atom is -0.434 e. The summed E-state index contributed by atoms with van der Waals surface area (Å²) >= 11 is 0. The topological polar surface area (TPSA) is 61.0 Å². The molecule has 0 fully saturated rings. The van der Waals surface area contributed by atoms with Crippen LogP contribution in [0.4, 0.5) is 10.2 Å². The summed E-state index contributed by atoms with van der Waals surface area (Å²) in [5.74, 6) is 0.0306. The molecule has 0 unspecified atom stereocenters. The van der Waals surface area contributed by atoms with Gasteiger partial charge in [-0.25, -0.2) is 4.39 Å². The summed E-state index contributed by atoms with van der Waals surface area (Å²) in [5.41, 5.74) is 5.40. The van der Waals surface area contributed by atoms with Gasteiger partial charge in [-0.15, -0.1) is 0 Å². The van der Waals surface area contributed by atoms with Crippen LogP contribution in [0.1, 0.15) is 0 Å². The van der Waals surface area contributed by atoms with E-state index in [1.807, 2.05) is 0 Å². The lowest BCUT2D eigenvalue weighted by atomic mass is 10.3. The van der Waals surface area contributed by atoms with Crippen molar-refractivity contribution in [3.63, 3.8) is 0 Å². The van der Waals surface area contributed by atoms with Gasteiger partial charge in [-0.3, -0.25) is 4.98 Å². The molecule has 0 aliphatic rings. The van der Waals surface area contributed by atoms with Crippen LogP contribution >= 0.6 is 0 Å². The maximum atomic E-state index is 13.2. The van der Waals surface area contributed by atoms with Crippen molar-refractivity contribution in [2.24, 2.45) is 0 Å². The van der Waals surface area contributed by atoms with Crippen molar-refractivity contribution < 1.29 is 9.13 Å². The lowest BCUT2D eigenvalue weighted by molar-refractivity contribution is 0.426. The number of hydrogen-bond acceptors (Lipinski definition) is 4. The van der Waals surface area contributed by atoms with E-state index in [4.69, 9.17) is 10.5 Å². The first-order valence-corrected chi connectivity index (χ1v) is 4.25. The van der Waals surface area contributed by atoms with Gasteiger partial charge >= 0.3 is 0 Å². The minimum absolute atomic E-state index is 0.0948. The molecule has 0 aliphatic heterocycles. The zero-order chi connectivity index (χ0) is 10.7. The van der Waals surface area contributed by atoms with Crippen molar-refractivity contribution >= 4 is 5.82 Å². The van der Waals surface area contributed by atoms with Crippen LogP contribution in [0.3, 0.4) is 0 Å². The van der Waals surface area contributed by atoms with Crippen LogP contribution in [0.15, 0.2) is 36.7 Å². The van der Waals surface area contributed by atoms with Crippen molar-refractivity contribution in [3.05, 3.63) is 42.5 Å². The molecule has 0 bridgehead atoms. The molecule has 0 aliphatic carbocycles. The smallest absolute Gasteiger partial charge is 0.239 e. The summed E-state index contributed by atoms with van der Waals surface area (Å²) < 4.78 is 18.3. The predicted molar refractivity (Wildman–Crippen MR) is 52.9 cm³/mol. The van der Waals surface area contributed by atoms with Crippen molar-refractivity contribution in [1.82, 2.24) is 9.97 Å². The molecule has 0 spiro atoms. The number of aromatic nitrogens is 2. The Morgan fingerprint density at radius 3 is 2.73 bits per heavy atom. The van der Waals surface area contributed by atoms with Crippen LogP contribution in [0.2, 0.25) is 0 Å². The molecular weight excluding hydrogens is 197 g/mol. The Morgan fingerprint density at radius 1 is 1.20 bits per heavy atom. The van der Waals surface area contributed by atoms with Crippen molar-refractivity contribution in [3.8, 4) is 11.6 Å². The Hall–Kier alpha value is -2.17. The molecule has 76 valence electrons. The predicted octanol–water partition coefficient (Wildman–Crippen LogP) is 1.99. The van der Waals surface area contributed by atoms with Crippen LogP contribution in [0.25, 0.3) is 0 Å². The average molecular weight is 205 g/mol. The van der Waals surface area contributed by atoms with E-state index in [-0.39, 0.29) is 17.4 Å². The van der Waals surface area contributed by atoms with E-state index in [0.29, 0.717) is 0 Å². The largest absolute Gasteiger partial charge is 0.434 e. The number of hydrogen-bond donors (Lipinski definition) is 1. The van der Waals surface area contributed by atoms with E-state index in [0.717, 1.165) is 0 Å². The number of nitrogens with two attached hydrogens (primary N) is 1. The van der Waals surface area contributed by atoms with Gasteiger partial charge in [0.1, 0.15) is 5.82 Å². The molecule has 5 heteroatoms. The standard InChI is InChI=1S/C10H8FN3O/c11-7-3-1-2-4-8(7)15-10-6-13-5-9(12)14-10/h1-6H,(H2,12,14). The van der Waals surface area contributed by atoms with Gasteiger partial charge in [-0.2, -0.15) is 4.98 Å². The average Bonchev–Trinajstić information content (AvgIpc) is 2.22. The highest BCUT2D eigenvalue weighted by Gasteiger charge is 2.04. The first-order valence-electron chi connectivity index (χ1n) is 4.25. The molecule has 1 aromatic carbocycles. The third-order valence-electron chi connectivity index (χ3n) is 1.68. The number of nitrogen functional groups attached to an aromatic ring is 1. The third-order valence-corrected chi connectivity index (χ3v) is 1.68. The second-order valence-electron chi connectivity index (χ2n) is 2.81. The van der Waals surface area contributed by atoms with E-state index in [9.17, 15) is 4.39 Å². The zero-order valence-electron chi connectivity index (χ0n) is 7.72. The van der Waals surface area contributed by atoms with E-state index >= 15 is 0 Å². The summed E-state index contributed by atoms with van der Waals surface area (Å²) in [7, 11) is 0. The molecule has 0 amide bonds. The number of benzene rings is 1. The fourth-order valence-electron chi connectivity index (χ4n) is 1.05. The normalized spacial score (nSPS) is 9.93. The Labute approximate surface area is 85.5 Å². The molecule has 15 heavy (non-hydrogen) atoms. The summed E-state index contributed by atoms with van der Waals surface area (Å²) in [5, 5.41) is 0. The molecule has 2 aromatic rings. The first-order chi connectivity index (χ1) is 7.25. The van der Waals surface area contributed by atoms with E-state index in [1.54, 1.807) is 12.1 Å². The van der Waals surface area contributed by atoms with Gasteiger partial charge in [0, 0.05) is 0 Å². The Kier molecular flexibility index (Phi) is 2.45. The van der Waals surface area contributed by atoms with Gasteiger partial charge in [0.2, 0.25) is 5.88 Å². The fraction of sp³-hybridized carbons (Fsp3) is 0. The highest BCUT2D eigenvalue weighted by atomic mass is 19.1. The summed E-state index contributed by atoms with van der Waals surface area (Å²) in [6.45, 7) is 0. The third kappa shape index (κ3) is 2.19. The molecule has 2 N–H and O–H groups in total. The van der Waals surface area contributed by atoms with Gasteiger partial charge in [0.25, 0.3) is 0 Å².